The van der Waals surface area contributed by atoms with Gasteiger partial charge in [0.15, 0.2) is 0 Å². The number of aryl methyl sites for hydroxylation is 1. The maximum atomic E-state index is 11.7. The summed E-state index contributed by atoms with van der Waals surface area (Å²) in [5.41, 5.74) is 8.47. The fourth-order valence-electron chi connectivity index (χ4n) is 1.69. The second-order valence-corrected chi connectivity index (χ2v) is 5.99. The van der Waals surface area contributed by atoms with Crippen LogP contribution in [0.1, 0.15) is 43.9 Å². The highest BCUT2D eigenvalue weighted by atomic mass is 32.2. The van der Waals surface area contributed by atoms with Crippen molar-refractivity contribution in [1.82, 2.24) is 0 Å². The van der Waals surface area contributed by atoms with Crippen molar-refractivity contribution in [2.24, 2.45) is 5.73 Å². The van der Waals surface area contributed by atoms with Gasteiger partial charge in [-0.15, -0.1) is 0 Å². The van der Waals surface area contributed by atoms with E-state index in [0.717, 1.165) is 30.6 Å². The van der Waals surface area contributed by atoms with Crippen LogP contribution >= 0.6 is 0 Å². The average molecular weight is 253 g/mol. The highest BCUT2D eigenvalue weighted by Gasteiger charge is 2.10. The minimum absolute atomic E-state index is 0.0985. The number of unbranched alkanes of at least 4 members (excludes halogenated alkanes) is 1. The Morgan fingerprint density at radius 1 is 1.24 bits per heavy atom. The summed E-state index contributed by atoms with van der Waals surface area (Å²) < 4.78 is 11.7. The Labute approximate surface area is 107 Å². The summed E-state index contributed by atoms with van der Waals surface area (Å²) >= 11 is 0. The quantitative estimate of drug-likeness (QED) is 0.812. The zero-order valence-electron chi connectivity index (χ0n) is 10.8. The first-order chi connectivity index (χ1) is 8.17. The van der Waals surface area contributed by atoms with E-state index < -0.39 is 10.8 Å². The van der Waals surface area contributed by atoms with E-state index in [1.165, 1.54) is 5.56 Å². The Balaban J connectivity index is 2.51. The molecule has 0 aromatic heterocycles. The van der Waals surface area contributed by atoms with Crippen LogP contribution in [0.3, 0.4) is 0 Å². The van der Waals surface area contributed by atoms with Gasteiger partial charge in [-0.1, -0.05) is 44.5 Å². The van der Waals surface area contributed by atoms with Gasteiger partial charge in [0.25, 0.3) is 0 Å². The molecule has 2 N–H and O–H groups in total. The lowest BCUT2D eigenvalue weighted by Gasteiger charge is -2.12. The highest BCUT2D eigenvalue weighted by Crippen LogP contribution is 2.13. The van der Waals surface area contributed by atoms with E-state index in [-0.39, 0.29) is 6.04 Å². The smallest absolute Gasteiger partial charge is 0.0428 e. The molecule has 0 saturated carbocycles. The van der Waals surface area contributed by atoms with Crippen LogP contribution in [-0.4, -0.2) is 15.7 Å². The molecule has 0 radical (unpaired) electrons. The maximum Gasteiger partial charge on any atom is 0.0428 e. The Bertz CT molecular complexity index is 348. The van der Waals surface area contributed by atoms with Crippen molar-refractivity contribution in [3.05, 3.63) is 35.4 Å². The molecule has 2 atom stereocenters. The van der Waals surface area contributed by atoms with Gasteiger partial charge in [0.2, 0.25) is 0 Å². The standard InChI is InChI=1S/C14H23NOS/c1-3-5-10-17(16)11-14(15)13-8-6-12(4-2)7-9-13/h6-9,14H,3-5,10-11,15H2,1-2H3. The second-order valence-electron chi connectivity index (χ2n) is 4.37. The Kier molecular flexibility index (Phi) is 6.45. The Morgan fingerprint density at radius 2 is 1.88 bits per heavy atom. The molecule has 17 heavy (non-hydrogen) atoms. The van der Waals surface area contributed by atoms with Crippen LogP contribution in [0.25, 0.3) is 0 Å². The van der Waals surface area contributed by atoms with Crippen LogP contribution in [0.15, 0.2) is 24.3 Å². The number of nitrogens with two attached hydrogens (primary N) is 1. The maximum absolute atomic E-state index is 11.7. The van der Waals surface area contributed by atoms with Gasteiger partial charge in [-0.05, 0) is 24.0 Å². The van der Waals surface area contributed by atoms with Crippen molar-refractivity contribution in [2.75, 3.05) is 11.5 Å². The Hall–Kier alpha value is -0.670. The molecule has 1 aromatic carbocycles. The molecule has 0 aliphatic carbocycles. The van der Waals surface area contributed by atoms with E-state index in [1.54, 1.807) is 0 Å². The number of hydrogen-bond donors (Lipinski definition) is 1. The molecular formula is C14H23NOS. The van der Waals surface area contributed by atoms with E-state index in [2.05, 4.69) is 38.1 Å². The van der Waals surface area contributed by atoms with Crippen LogP contribution < -0.4 is 5.73 Å². The largest absolute Gasteiger partial charge is 0.323 e. The normalized spacial score (nSPS) is 14.5. The summed E-state index contributed by atoms with van der Waals surface area (Å²) in [6.45, 7) is 4.25. The number of benzene rings is 1. The third kappa shape index (κ3) is 5.00. The van der Waals surface area contributed by atoms with Crippen LogP contribution in [0, 0.1) is 0 Å². The van der Waals surface area contributed by atoms with Crippen molar-refractivity contribution in [3.8, 4) is 0 Å². The number of rotatable bonds is 7. The SMILES string of the molecule is CCCCS(=O)CC(N)c1ccc(CC)cc1. The van der Waals surface area contributed by atoms with Crippen LogP contribution in [-0.2, 0) is 17.2 Å². The summed E-state index contributed by atoms with van der Waals surface area (Å²) in [5, 5.41) is 0. The second kappa shape index (κ2) is 7.62. The van der Waals surface area contributed by atoms with E-state index in [9.17, 15) is 4.21 Å². The molecular weight excluding hydrogens is 230 g/mol. The number of hydrogen-bond acceptors (Lipinski definition) is 2. The van der Waals surface area contributed by atoms with Crippen LogP contribution in [0.2, 0.25) is 0 Å². The van der Waals surface area contributed by atoms with E-state index in [4.69, 9.17) is 5.73 Å². The minimum atomic E-state index is -0.783. The molecule has 2 nitrogen and oxygen atoms in total. The summed E-state index contributed by atoms with van der Waals surface area (Å²) in [6, 6.07) is 8.22. The predicted octanol–water partition coefficient (Wildman–Crippen LogP) is 2.80. The van der Waals surface area contributed by atoms with Gasteiger partial charge in [0, 0.05) is 28.3 Å². The molecule has 0 saturated heterocycles. The molecule has 0 aliphatic rings. The first-order valence-electron chi connectivity index (χ1n) is 6.36. The van der Waals surface area contributed by atoms with Crippen molar-refractivity contribution in [2.45, 2.75) is 39.2 Å². The molecule has 2 unspecified atom stereocenters. The van der Waals surface area contributed by atoms with Gasteiger partial charge >= 0.3 is 0 Å². The summed E-state index contributed by atoms with van der Waals surface area (Å²) in [4.78, 5) is 0. The third-order valence-electron chi connectivity index (χ3n) is 2.91. The molecule has 0 amide bonds. The lowest BCUT2D eigenvalue weighted by molar-refractivity contribution is 0.671. The molecule has 96 valence electrons. The van der Waals surface area contributed by atoms with E-state index >= 15 is 0 Å². The van der Waals surface area contributed by atoms with Crippen molar-refractivity contribution in [3.63, 3.8) is 0 Å². The molecule has 0 heterocycles. The monoisotopic (exact) mass is 253 g/mol. The first kappa shape index (κ1) is 14.4. The third-order valence-corrected chi connectivity index (χ3v) is 4.38. The molecule has 0 fully saturated rings. The summed E-state index contributed by atoms with van der Waals surface area (Å²) in [7, 11) is -0.783. The van der Waals surface area contributed by atoms with Crippen molar-refractivity contribution < 1.29 is 4.21 Å². The molecule has 1 rings (SSSR count). The molecule has 0 bridgehead atoms. The van der Waals surface area contributed by atoms with Gasteiger partial charge < -0.3 is 5.73 Å². The van der Waals surface area contributed by atoms with Gasteiger partial charge in [0.1, 0.15) is 0 Å². The lowest BCUT2D eigenvalue weighted by Crippen LogP contribution is -2.19. The fourth-order valence-corrected chi connectivity index (χ4v) is 3.06. The van der Waals surface area contributed by atoms with Crippen LogP contribution in [0.5, 0.6) is 0 Å². The molecule has 1 aromatic rings. The minimum Gasteiger partial charge on any atom is -0.323 e. The van der Waals surface area contributed by atoms with Crippen LogP contribution in [0.4, 0.5) is 0 Å². The lowest BCUT2D eigenvalue weighted by atomic mass is 10.1. The van der Waals surface area contributed by atoms with Gasteiger partial charge in [-0.25, -0.2) is 0 Å². The van der Waals surface area contributed by atoms with E-state index in [1.807, 2.05) is 0 Å². The predicted molar refractivity (Wildman–Crippen MR) is 75.5 cm³/mol. The zero-order chi connectivity index (χ0) is 12.7. The topological polar surface area (TPSA) is 43.1 Å². The fraction of sp³-hybridized carbons (Fsp3) is 0.571. The van der Waals surface area contributed by atoms with Gasteiger partial charge in [0.05, 0.1) is 0 Å². The molecule has 0 aliphatic heterocycles. The highest BCUT2D eigenvalue weighted by molar-refractivity contribution is 7.85. The summed E-state index contributed by atoms with van der Waals surface area (Å²) in [6.07, 6.45) is 3.15. The summed E-state index contributed by atoms with van der Waals surface area (Å²) in [5.74, 6) is 1.35. The Morgan fingerprint density at radius 3 is 2.41 bits per heavy atom. The average Bonchev–Trinajstić information content (AvgIpc) is 2.36. The van der Waals surface area contributed by atoms with Crippen molar-refractivity contribution >= 4 is 10.8 Å². The van der Waals surface area contributed by atoms with Gasteiger partial charge in [-0.3, -0.25) is 4.21 Å². The molecule has 0 spiro atoms. The van der Waals surface area contributed by atoms with Gasteiger partial charge in [-0.2, -0.15) is 0 Å². The molecule has 3 heteroatoms. The van der Waals surface area contributed by atoms with E-state index in [0.29, 0.717) is 5.75 Å². The zero-order valence-corrected chi connectivity index (χ0v) is 11.6. The van der Waals surface area contributed by atoms with Crippen molar-refractivity contribution in [1.29, 1.82) is 0 Å². The first-order valence-corrected chi connectivity index (χ1v) is 7.85.